The van der Waals surface area contributed by atoms with E-state index in [1.807, 2.05) is 24.0 Å². The fourth-order valence-electron chi connectivity index (χ4n) is 2.36. The van der Waals surface area contributed by atoms with Crippen LogP contribution in [0.4, 0.5) is 5.82 Å². The number of hydrogen-bond acceptors (Lipinski definition) is 3. The molecular weight excluding hydrogens is 216 g/mol. The fraction of sp³-hybridized carbons (Fsp3) is 0.615. The molecule has 0 bridgehead atoms. The maximum atomic E-state index is 4.35. The molecule has 1 aromatic heterocycles. The summed E-state index contributed by atoms with van der Waals surface area (Å²) in [4.78, 5) is 4.35. The monoisotopic (exact) mass is 236 g/mol. The highest BCUT2D eigenvalue weighted by Gasteiger charge is 2.32. The van der Waals surface area contributed by atoms with Gasteiger partial charge in [-0.25, -0.2) is 4.98 Å². The smallest absolute Gasteiger partial charge is 0.126 e. The van der Waals surface area contributed by atoms with Crippen LogP contribution < -0.4 is 5.32 Å². The third-order valence-corrected chi connectivity index (χ3v) is 4.87. The maximum Gasteiger partial charge on any atom is 0.126 e. The fourth-order valence-corrected chi connectivity index (χ4v) is 3.27. The molecule has 0 aliphatic heterocycles. The predicted molar refractivity (Wildman–Crippen MR) is 72.2 cm³/mol. The first-order valence-corrected chi connectivity index (χ1v) is 7.18. The highest BCUT2D eigenvalue weighted by atomic mass is 32.2. The molecular formula is C13H20N2S. The van der Waals surface area contributed by atoms with E-state index in [-0.39, 0.29) is 0 Å². The lowest BCUT2D eigenvalue weighted by Gasteiger charge is -2.27. The van der Waals surface area contributed by atoms with E-state index in [9.17, 15) is 0 Å². The minimum atomic E-state index is 0.450. The molecule has 1 aromatic rings. The second-order valence-electron chi connectivity index (χ2n) is 4.67. The Morgan fingerprint density at radius 2 is 2.19 bits per heavy atom. The first-order valence-electron chi connectivity index (χ1n) is 5.96. The van der Waals surface area contributed by atoms with Gasteiger partial charge in [-0.05, 0) is 43.7 Å². The van der Waals surface area contributed by atoms with Crippen molar-refractivity contribution < 1.29 is 0 Å². The van der Waals surface area contributed by atoms with Crippen molar-refractivity contribution in [3.63, 3.8) is 0 Å². The average molecular weight is 236 g/mol. The van der Waals surface area contributed by atoms with Crippen LogP contribution in [0.15, 0.2) is 18.3 Å². The van der Waals surface area contributed by atoms with Crippen molar-refractivity contribution in [3.8, 4) is 0 Å². The minimum Gasteiger partial charge on any atom is -0.369 e. The second kappa shape index (κ2) is 5.09. The molecule has 0 aromatic carbocycles. The summed E-state index contributed by atoms with van der Waals surface area (Å²) < 4.78 is 0.450. The number of rotatable bonds is 4. The molecule has 3 heteroatoms. The maximum absolute atomic E-state index is 4.35. The first kappa shape index (κ1) is 11.8. The van der Waals surface area contributed by atoms with Gasteiger partial charge in [-0.1, -0.05) is 12.8 Å². The van der Waals surface area contributed by atoms with Gasteiger partial charge in [0, 0.05) is 17.5 Å². The van der Waals surface area contributed by atoms with Crippen LogP contribution >= 0.6 is 11.8 Å². The third kappa shape index (κ3) is 2.70. The summed E-state index contributed by atoms with van der Waals surface area (Å²) in [5.74, 6) is 1.01. The molecule has 0 atom stereocenters. The Hall–Kier alpha value is -0.700. The van der Waals surface area contributed by atoms with E-state index in [1.165, 1.54) is 31.2 Å². The van der Waals surface area contributed by atoms with E-state index in [2.05, 4.69) is 29.5 Å². The zero-order chi connectivity index (χ0) is 11.4. The van der Waals surface area contributed by atoms with Crippen LogP contribution in [0.5, 0.6) is 0 Å². The summed E-state index contributed by atoms with van der Waals surface area (Å²) in [7, 11) is 0. The minimum absolute atomic E-state index is 0.450. The summed E-state index contributed by atoms with van der Waals surface area (Å²) in [6.07, 6.45) is 9.54. The van der Waals surface area contributed by atoms with Crippen LogP contribution in [0.3, 0.4) is 0 Å². The number of hydrogen-bond donors (Lipinski definition) is 1. The number of nitrogens with zero attached hydrogens (tertiary/aromatic N) is 1. The molecule has 1 saturated carbocycles. The molecule has 2 rings (SSSR count). The van der Waals surface area contributed by atoms with Crippen molar-refractivity contribution in [2.45, 2.75) is 37.4 Å². The topological polar surface area (TPSA) is 24.9 Å². The molecule has 1 aliphatic rings. The quantitative estimate of drug-likeness (QED) is 0.866. The van der Waals surface area contributed by atoms with Gasteiger partial charge in [0.2, 0.25) is 0 Å². The Morgan fingerprint density at radius 3 is 2.81 bits per heavy atom. The van der Waals surface area contributed by atoms with Crippen molar-refractivity contribution >= 4 is 17.6 Å². The normalized spacial score (nSPS) is 18.6. The van der Waals surface area contributed by atoms with Gasteiger partial charge in [0.05, 0.1) is 0 Å². The van der Waals surface area contributed by atoms with Gasteiger partial charge in [-0.2, -0.15) is 11.8 Å². The molecule has 1 fully saturated rings. The van der Waals surface area contributed by atoms with E-state index in [1.54, 1.807) is 0 Å². The number of thioether (sulfide) groups is 1. The number of aryl methyl sites for hydroxylation is 1. The standard InChI is InChI=1S/C13H20N2S/c1-11-5-8-14-12(9-11)15-10-13(16-2)6-3-4-7-13/h5,8-9H,3-4,6-7,10H2,1-2H3,(H,14,15). The van der Waals surface area contributed by atoms with Crippen LogP contribution in [0, 0.1) is 6.92 Å². The predicted octanol–water partition coefficient (Wildman–Crippen LogP) is 3.48. The van der Waals surface area contributed by atoms with Crippen molar-refractivity contribution in [3.05, 3.63) is 23.9 Å². The Morgan fingerprint density at radius 1 is 1.44 bits per heavy atom. The van der Waals surface area contributed by atoms with Crippen molar-refractivity contribution in [1.82, 2.24) is 4.98 Å². The molecule has 1 N–H and O–H groups in total. The van der Waals surface area contributed by atoms with Gasteiger partial charge < -0.3 is 5.32 Å². The zero-order valence-corrected chi connectivity index (χ0v) is 10.9. The number of anilines is 1. The van der Waals surface area contributed by atoms with Crippen LogP contribution in [0.1, 0.15) is 31.2 Å². The molecule has 0 radical (unpaired) electrons. The van der Waals surface area contributed by atoms with E-state index in [4.69, 9.17) is 0 Å². The Balaban J connectivity index is 1.95. The van der Waals surface area contributed by atoms with Gasteiger partial charge in [-0.3, -0.25) is 0 Å². The first-order chi connectivity index (χ1) is 7.74. The van der Waals surface area contributed by atoms with Crippen LogP contribution in [0.2, 0.25) is 0 Å². The van der Waals surface area contributed by atoms with E-state index in [0.29, 0.717) is 4.75 Å². The Kier molecular flexibility index (Phi) is 3.74. The van der Waals surface area contributed by atoms with Gasteiger partial charge in [-0.15, -0.1) is 0 Å². The molecule has 16 heavy (non-hydrogen) atoms. The van der Waals surface area contributed by atoms with Gasteiger partial charge in [0.1, 0.15) is 5.82 Å². The summed E-state index contributed by atoms with van der Waals surface area (Å²) in [5.41, 5.74) is 1.27. The number of nitrogens with one attached hydrogen (secondary N) is 1. The van der Waals surface area contributed by atoms with E-state index in [0.717, 1.165) is 12.4 Å². The van der Waals surface area contributed by atoms with Gasteiger partial charge in [0.15, 0.2) is 0 Å². The molecule has 88 valence electrons. The molecule has 1 aliphatic carbocycles. The SMILES string of the molecule is CSC1(CNc2cc(C)ccn2)CCCC1. The van der Waals surface area contributed by atoms with Crippen LogP contribution in [-0.2, 0) is 0 Å². The largest absolute Gasteiger partial charge is 0.369 e. The van der Waals surface area contributed by atoms with E-state index < -0.39 is 0 Å². The Bertz CT molecular complexity index is 346. The van der Waals surface area contributed by atoms with Crippen LogP contribution in [-0.4, -0.2) is 22.5 Å². The highest BCUT2D eigenvalue weighted by molar-refractivity contribution is 8.00. The Labute approximate surface area is 102 Å². The lowest BCUT2D eigenvalue weighted by molar-refractivity contribution is 0.638. The van der Waals surface area contributed by atoms with Crippen LogP contribution in [0.25, 0.3) is 0 Å². The summed E-state index contributed by atoms with van der Waals surface area (Å²) >= 11 is 2.01. The molecule has 0 spiro atoms. The molecule has 0 saturated heterocycles. The lowest BCUT2D eigenvalue weighted by Crippen LogP contribution is -2.30. The summed E-state index contributed by atoms with van der Waals surface area (Å²) in [6, 6.07) is 4.15. The molecule has 0 unspecified atom stereocenters. The van der Waals surface area contributed by atoms with Crippen molar-refractivity contribution in [2.75, 3.05) is 18.1 Å². The van der Waals surface area contributed by atoms with Crippen molar-refractivity contribution in [2.24, 2.45) is 0 Å². The van der Waals surface area contributed by atoms with Crippen molar-refractivity contribution in [1.29, 1.82) is 0 Å². The lowest BCUT2D eigenvalue weighted by atomic mass is 10.1. The molecule has 1 heterocycles. The third-order valence-electron chi connectivity index (χ3n) is 3.45. The molecule has 0 amide bonds. The van der Waals surface area contributed by atoms with Gasteiger partial charge >= 0.3 is 0 Å². The number of pyridine rings is 1. The highest BCUT2D eigenvalue weighted by Crippen LogP contribution is 2.40. The number of aromatic nitrogens is 1. The zero-order valence-electron chi connectivity index (χ0n) is 10.1. The van der Waals surface area contributed by atoms with E-state index >= 15 is 0 Å². The second-order valence-corrected chi connectivity index (χ2v) is 5.94. The summed E-state index contributed by atoms with van der Waals surface area (Å²) in [5, 5.41) is 3.49. The molecule has 2 nitrogen and oxygen atoms in total. The summed E-state index contributed by atoms with van der Waals surface area (Å²) in [6.45, 7) is 3.15. The average Bonchev–Trinajstić information content (AvgIpc) is 2.76. The van der Waals surface area contributed by atoms with Gasteiger partial charge in [0.25, 0.3) is 0 Å².